The number of nitrogens with zero attached hydrogens (tertiary/aromatic N) is 1. The van der Waals surface area contributed by atoms with E-state index in [1.165, 1.54) is 11.6 Å². The SMILES string of the molecule is Cc1ccc(C)c(OC2CCN(C(=O)c3ccc(C(=O)O)s3)CC2)c1. The maximum Gasteiger partial charge on any atom is 0.345 e. The van der Waals surface area contributed by atoms with Crippen LogP contribution in [0.1, 0.15) is 43.3 Å². The zero-order valence-corrected chi connectivity index (χ0v) is 15.1. The summed E-state index contributed by atoms with van der Waals surface area (Å²) in [5, 5.41) is 8.98. The van der Waals surface area contributed by atoms with E-state index in [2.05, 4.69) is 12.1 Å². The molecule has 1 aromatic carbocycles. The summed E-state index contributed by atoms with van der Waals surface area (Å²) in [5.41, 5.74) is 2.28. The van der Waals surface area contributed by atoms with Crippen LogP contribution in [0.4, 0.5) is 0 Å². The van der Waals surface area contributed by atoms with E-state index in [0.717, 1.165) is 35.5 Å². The molecule has 0 bridgehead atoms. The fourth-order valence-corrected chi connectivity index (χ4v) is 3.73. The van der Waals surface area contributed by atoms with Gasteiger partial charge >= 0.3 is 5.97 Å². The molecule has 0 spiro atoms. The molecule has 0 aliphatic carbocycles. The number of carbonyl (C=O) groups is 2. The molecule has 132 valence electrons. The molecule has 3 rings (SSSR count). The first-order chi connectivity index (χ1) is 11.9. The van der Waals surface area contributed by atoms with Gasteiger partial charge in [-0.2, -0.15) is 0 Å². The minimum absolute atomic E-state index is 0.0947. The first kappa shape index (κ1) is 17.5. The van der Waals surface area contributed by atoms with Crippen LogP contribution in [-0.4, -0.2) is 41.1 Å². The molecule has 1 aliphatic heterocycles. The quantitative estimate of drug-likeness (QED) is 0.903. The number of carboxylic acids is 1. The van der Waals surface area contributed by atoms with Crippen molar-refractivity contribution in [1.29, 1.82) is 0 Å². The van der Waals surface area contributed by atoms with Crippen molar-refractivity contribution in [1.82, 2.24) is 4.90 Å². The number of benzene rings is 1. The minimum Gasteiger partial charge on any atom is -0.490 e. The molecule has 1 aromatic heterocycles. The van der Waals surface area contributed by atoms with Crippen molar-refractivity contribution in [3.05, 3.63) is 51.2 Å². The van der Waals surface area contributed by atoms with Crippen LogP contribution in [0, 0.1) is 13.8 Å². The van der Waals surface area contributed by atoms with Crippen molar-refractivity contribution in [3.63, 3.8) is 0 Å². The number of ether oxygens (including phenoxy) is 1. The Labute approximate surface area is 150 Å². The highest BCUT2D eigenvalue weighted by Crippen LogP contribution is 2.25. The number of hydrogen-bond donors (Lipinski definition) is 1. The van der Waals surface area contributed by atoms with Gasteiger partial charge in [0.1, 0.15) is 16.7 Å². The number of amides is 1. The Morgan fingerprint density at radius 2 is 1.80 bits per heavy atom. The van der Waals surface area contributed by atoms with Crippen molar-refractivity contribution in [3.8, 4) is 5.75 Å². The lowest BCUT2D eigenvalue weighted by molar-refractivity contribution is 0.0598. The van der Waals surface area contributed by atoms with Crippen LogP contribution in [0.15, 0.2) is 30.3 Å². The highest BCUT2D eigenvalue weighted by Gasteiger charge is 2.26. The third-order valence-corrected chi connectivity index (χ3v) is 5.46. The first-order valence-electron chi connectivity index (χ1n) is 8.30. The van der Waals surface area contributed by atoms with Crippen LogP contribution >= 0.6 is 11.3 Å². The number of piperidine rings is 1. The van der Waals surface area contributed by atoms with E-state index in [-0.39, 0.29) is 16.9 Å². The molecule has 2 heterocycles. The molecular formula is C19H21NO4S. The second kappa shape index (κ2) is 7.27. The molecule has 1 saturated heterocycles. The molecule has 0 unspecified atom stereocenters. The largest absolute Gasteiger partial charge is 0.490 e. The first-order valence-corrected chi connectivity index (χ1v) is 9.12. The van der Waals surface area contributed by atoms with E-state index in [1.807, 2.05) is 19.9 Å². The molecule has 0 saturated carbocycles. The molecule has 1 fully saturated rings. The summed E-state index contributed by atoms with van der Waals surface area (Å²) in [6, 6.07) is 9.24. The molecule has 1 N–H and O–H groups in total. The molecule has 6 heteroatoms. The lowest BCUT2D eigenvalue weighted by Gasteiger charge is -2.32. The van der Waals surface area contributed by atoms with Gasteiger partial charge in [-0.1, -0.05) is 12.1 Å². The summed E-state index contributed by atoms with van der Waals surface area (Å²) in [6.07, 6.45) is 1.65. The van der Waals surface area contributed by atoms with Gasteiger partial charge in [0.25, 0.3) is 5.91 Å². The number of carboxylic acid groups (broad SMARTS) is 1. The summed E-state index contributed by atoms with van der Waals surface area (Å²) in [7, 11) is 0. The summed E-state index contributed by atoms with van der Waals surface area (Å²) in [5.74, 6) is -0.179. The number of aryl methyl sites for hydroxylation is 2. The van der Waals surface area contributed by atoms with E-state index in [4.69, 9.17) is 9.84 Å². The molecular weight excluding hydrogens is 338 g/mol. The summed E-state index contributed by atoms with van der Waals surface area (Å²) >= 11 is 1.03. The lowest BCUT2D eigenvalue weighted by Crippen LogP contribution is -2.41. The van der Waals surface area contributed by atoms with Crippen molar-refractivity contribution in [2.75, 3.05) is 13.1 Å². The highest BCUT2D eigenvalue weighted by atomic mass is 32.1. The van der Waals surface area contributed by atoms with Crippen LogP contribution < -0.4 is 4.74 Å². The predicted octanol–water partition coefficient (Wildman–Crippen LogP) is 3.75. The van der Waals surface area contributed by atoms with Crippen LogP contribution in [0.25, 0.3) is 0 Å². The summed E-state index contributed by atoms with van der Waals surface area (Å²) < 4.78 is 6.12. The number of carbonyl (C=O) groups excluding carboxylic acids is 1. The normalized spacial score (nSPS) is 15.2. The fraction of sp³-hybridized carbons (Fsp3) is 0.368. The van der Waals surface area contributed by atoms with Crippen molar-refractivity contribution in [2.45, 2.75) is 32.8 Å². The van der Waals surface area contributed by atoms with E-state index >= 15 is 0 Å². The number of hydrogen-bond acceptors (Lipinski definition) is 4. The van der Waals surface area contributed by atoms with Crippen LogP contribution in [0.5, 0.6) is 5.75 Å². The third-order valence-electron chi connectivity index (χ3n) is 4.39. The summed E-state index contributed by atoms with van der Waals surface area (Å²) in [6.45, 7) is 5.31. The van der Waals surface area contributed by atoms with E-state index in [0.29, 0.717) is 18.0 Å². The topological polar surface area (TPSA) is 66.8 Å². The van der Waals surface area contributed by atoms with Gasteiger partial charge < -0.3 is 14.7 Å². The Morgan fingerprint density at radius 1 is 1.12 bits per heavy atom. The third kappa shape index (κ3) is 4.02. The monoisotopic (exact) mass is 359 g/mol. The molecule has 2 aromatic rings. The van der Waals surface area contributed by atoms with Gasteiger partial charge in [0.05, 0.1) is 4.88 Å². The minimum atomic E-state index is -0.996. The molecule has 0 radical (unpaired) electrons. The van der Waals surface area contributed by atoms with E-state index in [1.54, 1.807) is 11.0 Å². The standard InChI is InChI=1S/C19H21NO4S/c1-12-3-4-13(2)15(11-12)24-14-7-9-20(10-8-14)18(21)16-5-6-17(25-16)19(22)23/h3-6,11,14H,7-10H2,1-2H3,(H,22,23). The van der Waals surface area contributed by atoms with Crippen molar-refractivity contribution < 1.29 is 19.4 Å². The summed E-state index contributed by atoms with van der Waals surface area (Å²) in [4.78, 5) is 25.9. The fourth-order valence-electron chi connectivity index (χ4n) is 2.91. The predicted molar refractivity (Wildman–Crippen MR) is 96.7 cm³/mol. The maximum atomic E-state index is 12.5. The van der Waals surface area contributed by atoms with Gasteiger partial charge in [0.2, 0.25) is 0 Å². The number of rotatable bonds is 4. The second-order valence-electron chi connectivity index (χ2n) is 6.35. The van der Waals surface area contributed by atoms with Gasteiger partial charge in [-0.3, -0.25) is 4.79 Å². The molecule has 25 heavy (non-hydrogen) atoms. The van der Waals surface area contributed by atoms with Crippen LogP contribution in [0.2, 0.25) is 0 Å². The molecule has 5 nitrogen and oxygen atoms in total. The van der Waals surface area contributed by atoms with E-state index in [9.17, 15) is 9.59 Å². The average molecular weight is 359 g/mol. The van der Waals surface area contributed by atoms with Gasteiger partial charge in [0, 0.05) is 25.9 Å². The molecule has 0 atom stereocenters. The zero-order chi connectivity index (χ0) is 18.0. The number of thiophene rings is 1. The maximum absolute atomic E-state index is 12.5. The Hall–Kier alpha value is -2.34. The Bertz CT molecular complexity index is 790. The Morgan fingerprint density at radius 3 is 2.44 bits per heavy atom. The van der Waals surface area contributed by atoms with Gasteiger partial charge in [0.15, 0.2) is 0 Å². The van der Waals surface area contributed by atoms with Crippen molar-refractivity contribution >= 4 is 23.2 Å². The highest BCUT2D eigenvalue weighted by molar-refractivity contribution is 7.15. The Kier molecular flexibility index (Phi) is 5.08. The van der Waals surface area contributed by atoms with Crippen LogP contribution in [0.3, 0.4) is 0 Å². The lowest BCUT2D eigenvalue weighted by atomic mass is 10.1. The molecule has 1 amide bonds. The smallest absolute Gasteiger partial charge is 0.345 e. The van der Waals surface area contributed by atoms with Crippen LogP contribution in [-0.2, 0) is 0 Å². The van der Waals surface area contributed by atoms with Gasteiger partial charge in [-0.05, 0) is 43.2 Å². The van der Waals surface area contributed by atoms with Gasteiger partial charge in [-0.25, -0.2) is 4.79 Å². The number of likely N-dealkylation sites (tertiary alicyclic amines) is 1. The molecule has 1 aliphatic rings. The second-order valence-corrected chi connectivity index (χ2v) is 7.43. The average Bonchev–Trinajstić information content (AvgIpc) is 3.08. The number of aromatic carboxylic acids is 1. The zero-order valence-electron chi connectivity index (χ0n) is 14.3. The van der Waals surface area contributed by atoms with Gasteiger partial charge in [-0.15, -0.1) is 11.3 Å². The van der Waals surface area contributed by atoms with E-state index < -0.39 is 5.97 Å². The Balaban J connectivity index is 1.58. The van der Waals surface area contributed by atoms with Crippen molar-refractivity contribution in [2.24, 2.45) is 0 Å².